The molecule has 0 spiro atoms. The lowest BCUT2D eigenvalue weighted by molar-refractivity contribution is 0.0744. The van der Waals surface area contributed by atoms with Crippen LogP contribution in [0.1, 0.15) is 34.6 Å². The standard InChI is InChI=1S/C21H19N3O2S/c1-13-19-16(21(25)24(3)14(2)15-8-5-4-6-9-15)12-17(18-10-7-11-27-18)22-20(19)26-23-13/h4-12,14H,1-3H3. The molecule has 3 aromatic heterocycles. The lowest BCUT2D eigenvalue weighted by atomic mass is 10.0. The molecule has 0 aliphatic heterocycles. The third-order valence-electron chi connectivity index (χ3n) is 4.80. The summed E-state index contributed by atoms with van der Waals surface area (Å²) < 4.78 is 5.38. The van der Waals surface area contributed by atoms with Crippen molar-refractivity contribution in [3.05, 3.63) is 70.7 Å². The highest BCUT2D eigenvalue weighted by Gasteiger charge is 2.25. The second-order valence-corrected chi connectivity index (χ2v) is 7.43. The number of benzene rings is 1. The third-order valence-corrected chi connectivity index (χ3v) is 5.70. The van der Waals surface area contributed by atoms with Gasteiger partial charge >= 0.3 is 0 Å². The predicted molar refractivity (Wildman–Crippen MR) is 107 cm³/mol. The zero-order valence-electron chi connectivity index (χ0n) is 15.3. The van der Waals surface area contributed by atoms with Crippen LogP contribution in [0.3, 0.4) is 0 Å². The Morgan fingerprint density at radius 3 is 2.67 bits per heavy atom. The monoisotopic (exact) mass is 377 g/mol. The molecule has 1 atom stereocenters. The van der Waals surface area contributed by atoms with Crippen molar-refractivity contribution in [2.24, 2.45) is 0 Å². The number of aromatic nitrogens is 2. The van der Waals surface area contributed by atoms with Gasteiger partial charge in [0.15, 0.2) is 0 Å². The quantitative estimate of drug-likeness (QED) is 0.497. The molecular weight excluding hydrogens is 358 g/mol. The van der Waals surface area contributed by atoms with Gasteiger partial charge in [0, 0.05) is 7.05 Å². The van der Waals surface area contributed by atoms with E-state index in [-0.39, 0.29) is 11.9 Å². The molecule has 0 saturated heterocycles. The number of rotatable bonds is 4. The Hall–Kier alpha value is -2.99. The van der Waals surface area contributed by atoms with Crippen LogP contribution in [0.5, 0.6) is 0 Å². The number of aryl methyl sites for hydroxylation is 1. The number of nitrogens with zero attached hydrogens (tertiary/aromatic N) is 3. The van der Waals surface area contributed by atoms with E-state index in [9.17, 15) is 4.79 Å². The molecule has 0 bridgehead atoms. The van der Waals surface area contributed by atoms with E-state index in [1.54, 1.807) is 16.2 Å². The molecule has 0 aliphatic rings. The number of hydrogen-bond acceptors (Lipinski definition) is 5. The van der Waals surface area contributed by atoms with Crippen LogP contribution in [0.15, 0.2) is 58.4 Å². The van der Waals surface area contributed by atoms with Crippen LogP contribution >= 0.6 is 11.3 Å². The number of hydrogen-bond donors (Lipinski definition) is 0. The molecule has 0 saturated carbocycles. The van der Waals surface area contributed by atoms with Gasteiger partial charge in [-0.15, -0.1) is 11.3 Å². The summed E-state index contributed by atoms with van der Waals surface area (Å²) in [7, 11) is 1.82. The topological polar surface area (TPSA) is 59.2 Å². The fourth-order valence-corrected chi connectivity index (χ4v) is 3.82. The van der Waals surface area contributed by atoms with Crippen LogP contribution in [0.25, 0.3) is 21.7 Å². The molecule has 5 nitrogen and oxygen atoms in total. The summed E-state index contributed by atoms with van der Waals surface area (Å²) in [6, 6.07) is 15.7. The van der Waals surface area contributed by atoms with Gasteiger partial charge in [-0.3, -0.25) is 4.79 Å². The number of carbonyl (C=O) groups excluding carboxylic acids is 1. The second kappa shape index (κ2) is 6.96. The van der Waals surface area contributed by atoms with Crippen molar-refractivity contribution >= 4 is 28.3 Å². The predicted octanol–water partition coefficient (Wildman–Crippen LogP) is 5.09. The van der Waals surface area contributed by atoms with Crippen molar-refractivity contribution in [2.75, 3.05) is 7.05 Å². The molecule has 0 N–H and O–H groups in total. The highest BCUT2D eigenvalue weighted by Crippen LogP contribution is 2.31. The van der Waals surface area contributed by atoms with Crippen LogP contribution in [-0.2, 0) is 0 Å². The van der Waals surface area contributed by atoms with E-state index in [4.69, 9.17) is 4.52 Å². The molecule has 0 fully saturated rings. The minimum Gasteiger partial charge on any atom is -0.335 e. The van der Waals surface area contributed by atoms with Crippen molar-refractivity contribution < 1.29 is 9.32 Å². The van der Waals surface area contributed by atoms with E-state index >= 15 is 0 Å². The molecule has 27 heavy (non-hydrogen) atoms. The number of amides is 1. The molecular formula is C21H19N3O2S. The Kier molecular flexibility index (Phi) is 4.49. The summed E-state index contributed by atoms with van der Waals surface area (Å²) in [6.07, 6.45) is 0. The molecule has 0 aliphatic carbocycles. The average Bonchev–Trinajstić information content (AvgIpc) is 3.37. The minimum absolute atomic E-state index is 0.0627. The highest BCUT2D eigenvalue weighted by molar-refractivity contribution is 7.13. The summed E-state index contributed by atoms with van der Waals surface area (Å²) >= 11 is 1.57. The Balaban J connectivity index is 1.79. The molecule has 4 aromatic rings. The zero-order chi connectivity index (χ0) is 19.0. The average molecular weight is 377 g/mol. The molecule has 4 rings (SSSR count). The van der Waals surface area contributed by atoms with Gasteiger partial charge in [-0.1, -0.05) is 41.6 Å². The number of carbonyl (C=O) groups is 1. The Morgan fingerprint density at radius 2 is 1.96 bits per heavy atom. The smallest absolute Gasteiger partial charge is 0.259 e. The highest BCUT2D eigenvalue weighted by atomic mass is 32.1. The van der Waals surface area contributed by atoms with Gasteiger partial charge in [0.1, 0.15) is 0 Å². The molecule has 1 amide bonds. The van der Waals surface area contributed by atoms with Crippen molar-refractivity contribution in [2.45, 2.75) is 19.9 Å². The maximum absolute atomic E-state index is 13.4. The molecule has 3 heterocycles. The van der Waals surface area contributed by atoms with Crippen molar-refractivity contribution in [1.29, 1.82) is 0 Å². The minimum atomic E-state index is -0.0807. The van der Waals surface area contributed by atoms with Crippen LogP contribution in [-0.4, -0.2) is 28.0 Å². The number of thiophene rings is 1. The first kappa shape index (κ1) is 17.4. The maximum Gasteiger partial charge on any atom is 0.259 e. The van der Waals surface area contributed by atoms with Crippen molar-refractivity contribution in [3.63, 3.8) is 0 Å². The fraction of sp³-hybridized carbons (Fsp3) is 0.190. The third kappa shape index (κ3) is 3.13. The van der Waals surface area contributed by atoms with E-state index in [0.717, 1.165) is 16.1 Å². The Bertz CT molecular complexity index is 1090. The summed E-state index contributed by atoms with van der Waals surface area (Å²) in [6.45, 7) is 3.85. The summed E-state index contributed by atoms with van der Waals surface area (Å²) in [5.74, 6) is -0.0807. The first-order chi connectivity index (χ1) is 13.1. The SMILES string of the molecule is Cc1noc2nc(-c3cccs3)cc(C(=O)N(C)C(C)c3ccccc3)c12. The molecule has 0 radical (unpaired) electrons. The molecule has 1 aromatic carbocycles. The molecule has 1 unspecified atom stereocenters. The van der Waals surface area contributed by atoms with Crippen molar-refractivity contribution in [1.82, 2.24) is 15.0 Å². The van der Waals surface area contributed by atoms with Gasteiger partial charge in [0.05, 0.1) is 33.3 Å². The second-order valence-electron chi connectivity index (χ2n) is 6.48. The van der Waals surface area contributed by atoms with Gasteiger partial charge < -0.3 is 9.42 Å². The Morgan fingerprint density at radius 1 is 1.19 bits per heavy atom. The normalized spacial score (nSPS) is 12.3. The van der Waals surface area contributed by atoms with Crippen LogP contribution < -0.4 is 0 Å². The largest absolute Gasteiger partial charge is 0.335 e. The zero-order valence-corrected chi connectivity index (χ0v) is 16.2. The Labute approximate surface area is 161 Å². The first-order valence-electron chi connectivity index (χ1n) is 8.69. The van der Waals surface area contributed by atoms with Gasteiger partial charge in [-0.05, 0) is 36.9 Å². The van der Waals surface area contributed by atoms with Gasteiger partial charge in [-0.2, -0.15) is 0 Å². The van der Waals surface area contributed by atoms with Gasteiger partial charge in [0.25, 0.3) is 11.6 Å². The molecule has 136 valence electrons. The van der Waals surface area contributed by atoms with Gasteiger partial charge in [-0.25, -0.2) is 4.98 Å². The van der Waals surface area contributed by atoms with Gasteiger partial charge in [0.2, 0.25) is 0 Å². The summed E-state index contributed by atoms with van der Waals surface area (Å²) in [5.41, 5.74) is 3.42. The number of fused-ring (bicyclic) bond motifs is 1. The summed E-state index contributed by atoms with van der Waals surface area (Å²) in [4.78, 5) is 20.7. The molecule has 6 heteroatoms. The van der Waals surface area contributed by atoms with Crippen LogP contribution in [0, 0.1) is 6.92 Å². The van der Waals surface area contributed by atoms with Crippen LogP contribution in [0.2, 0.25) is 0 Å². The van der Waals surface area contributed by atoms with Crippen LogP contribution in [0.4, 0.5) is 0 Å². The fourth-order valence-electron chi connectivity index (χ4n) is 3.13. The van der Waals surface area contributed by atoms with Crippen molar-refractivity contribution in [3.8, 4) is 10.6 Å². The van der Waals surface area contributed by atoms with E-state index < -0.39 is 0 Å². The maximum atomic E-state index is 13.4. The lowest BCUT2D eigenvalue weighted by Gasteiger charge is -2.25. The van der Waals surface area contributed by atoms with E-state index in [0.29, 0.717) is 22.4 Å². The number of pyridine rings is 1. The first-order valence-corrected chi connectivity index (χ1v) is 9.57. The van der Waals surface area contributed by atoms with E-state index in [1.165, 1.54) is 0 Å². The van der Waals surface area contributed by atoms with E-state index in [1.807, 2.05) is 74.8 Å². The summed E-state index contributed by atoms with van der Waals surface area (Å²) in [5, 5.41) is 6.68. The lowest BCUT2D eigenvalue weighted by Crippen LogP contribution is -2.30. The van der Waals surface area contributed by atoms with E-state index in [2.05, 4.69) is 10.1 Å².